The monoisotopic (exact) mass is 516 g/mol. The molecule has 1 radical (unpaired) electrons. The van der Waals surface area contributed by atoms with Gasteiger partial charge in [-0.3, -0.25) is 0 Å². The molecule has 0 aromatic rings. The van der Waals surface area contributed by atoms with Crippen LogP contribution in [-0.2, 0) is 16.4 Å². The number of nitrogens with one attached hydrogen (secondary N) is 1. The molecule has 25 heavy (non-hydrogen) atoms. The summed E-state index contributed by atoms with van der Waals surface area (Å²) in [6.45, 7) is 2.24. The molecule has 0 saturated carbocycles. The van der Waals surface area contributed by atoms with Gasteiger partial charge in [0.25, 0.3) is 0 Å². The van der Waals surface area contributed by atoms with Crippen molar-refractivity contribution in [1.82, 2.24) is 5.32 Å². The zero-order valence-corrected chi connectivity index (χ0v) is 19.7. The first-order chi connectivity index (χ1) is 11.6. The van der Waals surface area contributed by atoms with Gasteiger partial charge in [-0.2, -0.15) is 0 Å². The molecular formula is C12H31ClNO9SiSn. The second-order valence-corrected chi connectivity index (χ2v) is 13.6. The molecule has 10 nitrogen and oxygen atoms in total. The third-order valence-corrected chi connectivity index (χ3v) is 10.4. The number of aliphatic hydroxyl groups is 3. The van der Waals surface area contributed by atoms with Crippen LogP contribution < -0.4 is 5.32 Å². The molecule has 0 spiro atoms. The summed E-state index contributed by atoms with van der Waals surface area (Å²) in [6, 6.07) is 0.742. The first-order valence-electron chi connectivity index (χ1n) is 7.48. The van der Waals surface area contributed by atoms with Crippen LogP contribution in [-0.4, -0.2) is 89.1 Å². The Morgan fingerprint density at radius 2 is 1.68 bits per heavy atom. The van der Waals surface area contributed by atoms with Crippen molar-refractivity contribution < 1.29 is 41.9 Å². The molecule has 0 aromatic heterocycles. The summed E-state index contributed by atoms with van der Waals surface area (Å²) in [5.41, 5.74) is 0. The van der Waals surface area contributed by atoms with E-state index in [0.29, 0.717) is 6.54 Å². The molecule has 0 unspecified atom stereocenters. The van der Waals surface area contributed by atoms with E-state index in [0.717, 1.165) is 51.1 Å². The van der Waals surface area contributed by atoms with Crippen LogP contribution in [0.25, 0.3) is 0 Å². The molecular weight excluding hydrogens is 484 g/mol. The van der Waals surface area contributed by atoms with Crippen LogP contribution in [0.15, 0.2) is 0 Å². The number of hydrogen-bond donors (Lipinski definition) is 4. The van der Waals surface area contributed by atoms with E-state index in [1.165, 1.54) is 0 Å². The molecule has 0 atom stereocenters. The van der Waals surface area contributed by atoms with Gasteiger partial charge in [0.2, 0.25) is 0 Å². The van der Waals surface area contributed by atoms with Crippen molar-refractivity contribution in [2.45, 2.75) is 43.1 Å². The Morgan fingerprint density at radius 3 is 2.08 bits per heavy atom. The molecule has 6 N–H and O–H groups in total. The molecule has 3 aliphatic rings. The van der Waals surface area contributed by atoms with E-state index in [1.54, 1.807) is 0 Å². The quantitative estimate of drug-likeness (QED) is 0.258. The number of carbonyl (C=O) groups is 1. The minimum atomic E-state index is -2.40. The topological polar surface area (TPSA) is 158 Å². The maximum Gasteiger partial charge on any atom is 0.0319 e. The molecule has 1 amide bonds. The van der Waals surface area contributed by atoms with Crippen molar-refractivity contribution in [2.75, 3.05) is 27.9 Å². The predicted molar refractivity (Wildman–Crippen MR) is 96.1 cm³/mol. The van der Waals surface area contributed by atoms with Crippen molar-refractivity contribution in [3.05, 3.63) is 0 Å². The predicted octanol–water partition coefficient (Wildman–Crippen LogP) is -0.0699. The van der Waals surface area contributed by atoms with Gasteiger partial charge in [0.05, 0.1) is 0 Å². The van der Waals surface area contributed by atoms with Crippen LogP contribution in [0.1, 0.15) is 26.2 Å². The van der Waals surface area contributed by atoms with Gasteiger partial charge in [-0.05, 0) is 0 Å². The number of aliphatic hydroxyl groups excluding tert-OH is 3. The Bertz CT molecular complexity index is 303. The maximum absolute atomic E-state index is 11.4. The van der Waals surface area contributed by atoms with Gasteiger partial charge in [-0.1, -0.05) is 0 Å². The Morgan fingerprint density at radius 1 is 1.16 bits per heavy atom. The van der Waals surface area contributed by atoms with Gasteiger partial charge >= 0.3 is 119 Å². The first-order valence-corrected chi connectivity index (χ1v) is 16.2. The van der Waals surface area contributed by atoms with Gasteiger partial charge in [-0.15, -0.1) is 0 Å². The van der Waals surface area contributed by atoms with Crippen molar-refractivity contribution in [3.63, 3.8) is 0 Å². The summed E-state index contributed by atoms with van der Waals surface area (Å²) in [7, 11) is 6.86. The fourth-order valence-corrected chi connectivity index (χ4v) is 7.78. The third kappa shape index (κ3) is 12.3. The smallest absolute Gasteiger partial charge is 0.0319 e. The van der Waals surface area contributed by atoms with Crippen molar-refractivity contribution in [2.24, 2.45) is 0 Å². The SMILES string of the molecule is CCC[CH2][Sn]([Cl])[O]C(=O)NCCC[Si]12OC(O1)O2.CO.CO.CO.O. The fraction of sp³-hybridized carbons (Fsp3) is 0.917. The molecule has 3 saturated heterocycles. The molecule has 0 aromatic carbocycles. The average molecular weight is 516 g/mol. The maximum atomic E-state index is 11.4. The average Bonchev–Trinajstić information content (AvgIpc) is 2.55. The number of carbonyl (C=O) groups excluding carboxylic acids is 1. The van der Waals surface area contributed by atoms with E-state index in [9.17, 15) is 4.79 Å². The Hall–Kier alpha value is 0.296. The normalized spacial score (nSPS) is 21.2. The first kappa shape index (κ1) is 30.0. The molecule has 153 valence electrons. The molecule has 2 bridgehead atoms. The third-order valence-electron chi connectivity index (χ3n) is 2.69. The zero-order chi connectivity index (χ0) is 19.0. The number of halogens is 1. The number of amides is 1. The largest absolute Gasteiger partial charge is 0.412 e. The number of rotatable bonds is 8. The minimum absolute atomic E-state index is 0. The van der Waals surface area contributed by atoms with E-state index >= 15 is 0 Å². The minimum Gasteiger partial charge on any atom is -0.412 e. The Kier molecular flexibility index (Phi) is 22.9. The Labute approximate surface area is 161 Å². The second kappa shape index (κ2) is 19.1. The van der Waals surface area contributed by atoms with E-state index in [4.69, 9.17) is 40.6 Å². The summed E-state index contributed by atoms with van der Waals surface area (Å²) in [5.74, 6) is 0. The molecule has 0 aliphatic carbocycles. The second-order valence-electron chi connectivity index (χ2n) is 4.20. The molecule has 3 aliphatic heterocycles. The van der Waals surface area contributed by atoms with Crippen LogP contribution in [0.5, 0.6) is 0 Å². The molecule has 3 rings (SSSR count). The van der Waals surface area contributed by atoms with Crippen LogP contribution >= 0.6 is 8.92 Å². The van der Waals surface area contributed by atoms with E-state index in [1.807, 2.05) is 0 Å². The summed E-state index contributed by atoms with van der Waals surface area (Å²) in [4.78, 5) is 11.4. The zero-order valence-electron chi connectivity index (χ0n) is 15.1. The van der Waals surface area contributed by atoms with Gasteiger partial charge in [0, 0.05) is 21.3 Å². The fourth-order valence-electron chi connectivity index (χ4n) is 1.64. The van der Waals surface area contributed by atoms with Gasteiger partial charge in [-0.25, -0.2) is 0 Å². The Balaban J connectivity index is -0.000000626. The van der Waals surface area contributed by atoms with Gasteiger partial charge in [0.1, 0.15) is 0 Å². The summed E-state index contributed by atoms with van der Waals surface area (Å²) < 4.78 is 21.9. The van der Waals surface area contributed by atoms with E-state index in [2.05, 4.69) is 12.2 Å². The van der Waals surface area contributed by atoms with Crippen LogP contribution in [0, 0.1) is 0 Å². The van der Waals surface area contributed by atoms with E-state index < -0.39 is 40.4 Å². The molecule has 13 heteroatoms. The van der Waals surface area contributed by atoms with Crippen molar-refractivity contribution in [1.29, 1.82) is 0 Å². The van der Waals surface area contributed by atoms with Crippen LogP contribution in [0.2, 0.25) is 10.5 Å². The van der Waals surface area contributed by atoms with Crippen molar-refractivity contribution in [3.8, 4) is 0 Å². The number of unbranched alkanes of at least 4 members (excludes halogenated alkanes) is 1. The summed E-state index contributed by atoms with van der Waals surface area (Å²) >= 11 is -2.40. The van der Waals surface area contributed by atoms with Gasteiger partial charge < -0.3 is 20.8 Å². The molecule has 3 fully saturated rings. The van der Waals surface area contributed by atoms with Gasteiger partial charge in [0.15, 0.2) is 0 Å². The number of hydrogen-bond acceptors (Lipinski definition) is 8. The van der Waals surface area contributed by atoms with Crippen molar-refractivity contribution >= 4 is 42.9 Å². The standard InChI is InChI=1S/C5H9NO5Si.C4H9.3CH4O.ClH.H2O.Sn/c7-4(8)6-2-1-3-12-9-5(10-12)11-12;1-3-4-2;3*1-2;;;/h5-6H,1-3H2,(H,7,8);1,3-4H2,2H3;3*2H,1H3;1H;1H2;/q;;;;;;;+2/p-2. The summed E-state index contributed by atoms with van der Waals surface area (Å²) in [5, 5.41) is 23.7. The van der Waals surface area contributed by atoms with Crippen LogP contribution in [0.4, 0.5) is 4.79 Å². The summed E-state index contributed by atoms with van der Waals surface area (Å²) in [6.07, 6.45) is 2.49. The molecule has 3 heterocycles. The van der Waals surface area contributed by atoms with Crippen LogP contribution in [0.3, 0.4) is 0 Å². The van der Waals surface area contributed by atoms with E-state index in [-0.39, 0.29) is 5.48 Å².